The summed E-state index contributed by atoms with van der Waals surface area (Å²) in [5.41, 5.74) is 1.41. The van der Waals surface area contributed by atoms with Gasteiger partial charge in [-0.2, -0.15) is 0 Å². The molecule has 0 radical (unpaired) electrons. The number of hydrogen-bond donors (Lipinski definition) is 2. The van der Waals surface area contributed by atoms with Crippen LogP contribution in [0, 0.1) is 6.92 Å². The van der Waals surface area contributed by atoms with Gasteiger partial charge in [-0.15, -0.1) is 0 Å². The molecule has 1 atom stereocenters. The van der Waals surface area contributed by atoms with Crippen LogP contribution >= 0.6 is 34.8 Å². The Hall–Kier alpha value is -3.19. The normalized spacial score (nSPS) is 17.3. The monoisotopic (exact) mass is 517 g/mol. The first kappa shape index (κ1) is 24.0. The van der Waals surface area contributed by atoms with E-state index in [-0.39, 0.29) is 32.7 Å². The minimum absolute atomic E-state index is 0.0189. The molecule has 0 bridgehead atoms. The third-order valence-corrected chi connectivity index (χ3v) is 6.28. The van der Waals surface area contributed by atoms with Gasteiger partial charge in [0, 0.05) is 10.7 Å². The fourth-order valence-electron chi connectivity index (χ4n) is 3.99. The number of nitrogens with zero attached hydrogens (tertiary/aromatic N) is 1. The van der Waals surface area contributed by atoms with E-state index in [0.717, 1.165) is 0 Å². The molecular formula is C25H18Cl3NO5. The molecule has 1 aliphatic rings. The van der Waals surface area contributed by atoms with Crippen molar-refractivity contribution >= 4 is 57.9 Å². The van der Waals surface area contributed by atoms with E-state index < -0.39 is 23.5 Å². The Kier molecular flexibility index (Phi) is 6.49. The van der Waals surface area contributed by atoms with Crippen molar-refractivity contribution in [3.05, 3.63) is 91.9 Å². The first-order valence-electron chi connectivity index (χ1n) is 10.0. The van der Waals surface area contributed by atoms with Crippen LogP contribution in [0.1, 0.15) is 22.7 Å². The highest BCUT2D eigenvalue weighted by molar-refractivity contribution is 6.52. The highest BCUT2D eigenvalue weighted by Crippen LogP contribution is 2.45. The minimum atomic E-state index is -1.07. The number of ketones is 1. The summed E-state index contributed by atoms with van der Waals surface area (Å²) in [7, 11) is 1.38. The Morgan fingerprint density at radius 3 is 2.38 bits per heavy atom. The zero-order valence-corrected chi connectivity index (χ0v) is 20.2. The SMILES string of the molecule is COc1c(Cl)cc(C)cc1/C(O)=C1\C(=O)C(=O)N(c2cccc(Cl)c2)C1c1ccc(O)c(Cl)c1. The number of Topliss-reactive ketones (excluding diaryl/α,β-unsaturated/α-hetero) is 1. The highest BCUT2D eigenvalue weighted by atomic mass is 35.5. The van der Waals surface area contributed by atoms with Crippen LogP contribution in [-0.4, -0.2) is 29.0 Å². The number of methoxy groups -OCH3 is 1. The number of anilines is 1. The lowest BCUT2D eigenvalue weighted by molar-refractivity contribution is -0.132. The van der Waals surface area contributed by atoms with Crippen LogP contribution in [0.3, 0.4) is 0 Å². The molecule has 9 heteroatoms. The van der Waals surface area contributed by atoms with Crippen molar-refractivity contribution in [1.29, 1.82) is 0 Å². The topological polar surface area (TPSA) is 87.1 Å². The number of aliphatic hydroxyl groups excluding tert-OH is 1. The summed E-state index contributed by atoms with van der Waals surface area (Å²) in [5, 5.41) is 21.9. The number of phenolic OH excluding ortho intramolecular Hbond substituents is 1. The van der Waals surface area contributed by atoms with Crippen molar-refractivity contribution < 1.29 is 24.5 Å². The van der Waals surface area contributed by atoms with Crippen molar-refractivity contribution in [3.63, 3.8) is 0 Å². The van der Waals surface area contributed by atoms with Crippen LogP contribution in [0.4, 0.5) is 5.69 Å². The van der Waals surface area contributed by atoms with Crippen LogP contribution in [0.5, 0.6) is 11.5 Å². The number of benzene rings is 3. The van der Waals surface area contributed by atoms with Crippen LogP contribution in [-0.2, 0) is 9.59 Å². The molecule has 1 amide bonds. The van der Waals surface area contributed by atoms with E-state index in [0.29, 0.717) is 21.8 Å². The van der Waals surface area contributed by atoms with E-state index in [1.54, 1.807) is 37.3 Å². The summed E-state index contributed by atoms with van der Waals surface area (Å²) < 4.78 is 5.37. The first-order chi connectivity index (χ1) is 16.1. The zero-order chi connectivity index (χ0) is 24.7. The Morgan fingerprint density at radius 1 is 1.00 bits per heavy atom. The van der Waals surface area contributed by atoms with Gasteiger partial charge in [-0.25, -0.2) is 0 Å². The second-order valence-corrected chi connectivity index (χ2v) is 8.94. The molecule has 2 N–H and O–H groups in total. The van der Waals surface area contributed by atoms with Gasteiger partial charge >= 0.3 is 0 Å². The number of aromatic hydroxyl groups is 1. The average Bonchev–Trinajstić information content (AvgIpc) is 3.05. The van der Waals surface area contributed by atoms with E-state index in [9.17, 15) is 19.8 Å². The number of aliphatic hydroxyl groups is 1. The number of aryl methyl sites for hydroxylation is 1. The number of amides is 1. The summed E-state index contributed by atoms with van der Waals surface area (Å²) in [6, 6.07) is 12.9. The van der Waals surface area contributed by atoms with E-state index in [2.05, 4.69) is 0 Å². The van der Waals surface area contributed by atoms with E-state index >= 15 is 0 Å². The molecule has 1 fully saturated rings. The van der Waals surface area contributed by atoms with Crippen molar-refractivity contribution in [2.45, 2.75) is 13.0 Å². The van der Waals surface area contributed by atoms with Gasteiger partial charge in [-0.1, -0.05) is 46.9 Å². The van der Waals surface area contributed by atoms with E-state index in [4.69, 9.17) is 39.5 Å². The van der Waals surface area contributed by atoms with Gasteiger partial charge in [0.1, 0.15) is 17.3 Å². The maximum absolute atomic E-state index is 13.3. The van der Waals surface area contributed by atoms with Gasteiger partial charge in [0.15, 0.2) is 0 Å². The molecular weight excluding hydrogens is 501 g/mol. The Labute approximate surface area is 210 Å². The molecule has 0 aromatic heterocycles. The summed E-state index contributed by atoms with van der Waals surface area (Å²) in [5.74, 6) is -2.25. The summed E-state index contributed by atoms with van der Waals surface area (Å²) in [6.07, 6.45) is 0. The molecule has 4 rings (SSSR count). The van der Waals surface area contributed by atoms with Gasteiger partial charge < -0.3 is 14.9 Å². The fraction of sp³-hybridized carbons (Fsp3) is 0.120. The van der Waals surface area contributed by atoms with Gasteiger partial charge in [-0.3, -0.25) is 14.5 Å². The number of phenols is 1. The minimum Gasteiger partial charge on any atom is -0.507 e. The Morgan fingerprint density at radius 2 is 1.74 bits per heavy atom. The summed E-state index contributed by atoms with van der Waals surface area (Å²) in [6.45, 7) is 1.77. The molecule has 0 spiro atoms. The molecule has 174 valence electrons. The van der Waals surface area contributed by atoms with Crippen molar-refractivity contribution in [3.8, 4) is 11.5 Å². The fourth-order valence-corrected chi connectivity index (χ4v) is 4.72. The average molecular weight is 519 g/mol. The maximum atomic E-state index is 13.3. The lowest BCUT2D eigenvalue weighted by Gasteiger charge is -2.26. The van der Waals surface area contributed by atoms with Crippen molar-refractivity contribution in [1.82, 2.24) is 0 Å². The van der Waals surface area contributed by atoms with Crippen LogP contribution < -0.4 is 9.64 Å². The van der Waals surface area contributed by atoms with Crippen LogP contribution in [0.25, 0.3) is 5.76 Å². The number of carbonyl (C=O) groups excluding carboxylic acids is 2. The standard InChI is InChI=1S/C25H18Cl3NO5/c1-12-8-16(24(34-2)18(28)9-12)22(31)20-21(13-6-7-19(30)17(27)10-13)29(25(33)23(20)32)15-5-3-4-14(26)11-15/h3-11,21,30-31H,1-2H3/b22-20+. The molecule has 34 heavy (non-hydrogen) atoms. The molecule has 6 nitrogen and oxygen atoms in total. The molecule has 1 unspecified atom stereocenters. The summed E-state index contributed by atoms with van der Waals surface area (Å²) in [4.78, 5) is 27.8. The van der Waals surface area contributed by atoms with Crippen molar-refractivity contribution in [2.24, 2.45) is 0 Å². The lowest BCUT2D eigenvalue weighted by atomic mass is 9.94. The molecule has 1 heterocycles. The molecule has 3 aromatic rings. The van der Waals surface area contributed by atoms with Gasteiger partial charge in [-0.05, 0) is 60.5 Å². The van der Waals surface area contributed by atoms with Crippen LogP contribution in [0.15, 0.2) is 60.2 Å². The summed E-state index contributed by atoms with van der Waals surface area (Å²) >= 11 is 18.6. The van der Waals surface area contributed by atoms with Gasteiger partial charge in [0.25, 0.3) is 11.7 Å². The lowest BCUT2D eigenvalue weighted by Crippen LogP contribution is -2.29. The van der Waals surface area contributed by atoms with E-state index in [1.807, 2.05) is 0 Å². The number of ether oxygens (including phenoxy) is 1. The third-order valence-electron chi connectivity index (χ3n) is 5.47. The molecule has 0 saturated carbocycles. The quantitative estimate of drug-likeness (QED) is 0.241. The Bertz CT molecular complexity index is 1370. The Balaban J connectivity index is 2.03. The van der Waals surface area contributed by atoms with Crippen LogP contribution in [0.2, 0.25) is 15.1 Å². The maximum Gasteiger partial charge on any atom is 0.300 e. The largest absolute Gasteiger partial charge is 0.507 e. The number of carbonyl (C=O) groups is 2. The molecule has 0 aliphatic carbocycles. The molecule has 1 aliphatic heterocycles. The van der Waals surface area contributed by atoms with Gasteiger partial charge in [0.2, 0.25) is 0 Å². The van der Waals surface area contributed by atoms with Crippen molar-refractivity contribution in [2.75, 3.05) is 12.0 Å². The number of rotatable bonds is 4. The first-order valence-corrected chi connectivity index (χ1v) is 11.2. The van der Waals surface area contributed by atoms with Gasteiger partial charge in [0.05, 0.1) is 34.3 Å². The highest BCUT2D eigenvalue weighted by Gasteiger charge is 2.47. The second-order valence-electron chi connectivity index (χ2n) is 7.69. The second kappa shape index (κ2) is 9.22. The number of hydrogen-bond acceptors (Lipinski definition) is 5. The predicted molar refractivity (Wildman–Crippen MR) is 132 cm³/mol. The van der Waals surface area contributed by atoms with E-state index in [1.165, 1.54) is 36.3 Å². The zero-order valence-electron chi connectivity index (χ0n) is 18.0. The third kappa shape index (κ3) is 4.09. The number of halogens is 3. The predicted octanol–water partition coefficient (Wildman–Crippen LogP) is 6.30. The molecule has 1 saturated heterocycles. The smallest absolute Gasteiger partial charge is 0.300 e. The molecule has 3 aromatic carbocycles.